The molecule has 0 saturated carbocycles. The highest BCUT2D eigenvalue weighted by atomic mass is 79.9. The molecule has 2 aromatic rings. The average molecular weight is 344 g/mol. The van der Waals surface area contributed by atoms with E-state index >= 15 is 0 Å². The van der Waals surface area contributed by atoms with Crippen LogP contribution >= 0.6 is 15.9 Å². The number of hydrogen-bond donors (Lipinski definition) is 1. The molecule has 2 nitrogen and oxygen atoms in total. The molecule has 1 aliphatic rings. The van der Waals surface area contributed by atoms with Crippen LogP contribution in [0.3, 0.4) is 0 Å². The predicted octanol–water partition coefficient (Wildman–Crippen LogP) is 4.43. The Bertz CT molecular complexity index is 663. The summed E-state index contributed by atoms with van der Waals surface area (Å²) in [5.74, 6) is -0.0319. The zero-order valence-electron chi connectivity index (χ0n) is 12.0. The maximum absolute atomic E-state index is 12.2. The molecule has 1 N–H and O–H groups in total. The van der Waals surface area contributed by atoms with Crippen LogP contribution in [0.15, 0.2) is 46.9 Å². The van der Waals surface area contributed by atoms with Gasteiger partial charge in [-0.15, -0.1) is 0 Å². The molecule has 1 amide bonds. The largest absolute Gasteiger partial charge is 0.346 e. The van der Waals surface area contributed by atoms with Crippen LogP contribution < -0.4 is 5.32 Å². The molecule has 1 atom stereocenters. The predicted molar refractivity (Wildman–Crippen MR) is 88.5 cm³/mol. The Morgan fingerprint density at radius 1 is 1.10 bits per heavy atom. The number of amides is 1. The average Bonchev–Trinajstić information content (AvgIpc) is 2.95. The minimum absolute atomic E-state index is 0.0204. The van der Waals surface area contributed by atoms with Gasteiger partial charge in [0, 0.05) is 10.0 Å². The van der Waals surface area contributed by atoms with E-state index in [1.54, 1.807) is 0 Å². The lowest BCUT2D eigenvalue weighted by Gasteiger charge is -2.15. The van der Waals surface area contributed by atoms with Gasteiger partial charge in [-0.05, 0) is 67.1 Å². The zero-order chi connectivity index (χ0) is 14.8. The van der Waals surface area contributed by atoms with Crippen LogP contribution in [-0.2, 0) is 12.8 Å². The van der Waals surface area contributed by atoms with E-state index in [2.05, 4.69) is 39.4 Å². The van der Waals surface area contributed by atoms with E-state index < -0.39 is 0 Å². The SMILES string of the molecule is CC(NC(=O)c1ccc(Br)cc1)c1ccc2c(c1)CCC2. The molecular formula is C18H18BrNO. The minimum Gasteiger partial charge on any atom is -0.346 e. The van der Waals surface area contributed by atoms with Crippen LogP contribution in [0, 0.1) is 0 Å². The van der Waals surface area contributed by atoms with Crippen LogP contribution in [0.5, 0.6) is 0 Å². The van der Waals surface area contributed by atoms with Crippen molar-refractivity contribution in [2.45, 2.75) is 32.2 Å². The van der Waals surface area contributed by atoms with Gasteiger partial charge in [0.2, 0.25) is 0 Å². The number of aryl methyl sites for hydroxylation is 2. The third kappa shape index (κ3) is 3.18. The molecule has 1 unspecified atom stereocenters. The highest BCUT2D eigenvalue weighted by Gasteiger charge is 2.15. The van der Waals surface area contributed by atoms with Gasteiger partial charge in [0.05, 0.1) is 6.04 Å². The first kappa shape index (κ1) is 14.3. The molecule has 2 aromatic carbocycles. The fourth-order valence-corrected chi connectivity index (χ4v) is 3.09. The molecule has 0 aliphatic heterocycles. The Kier molecular flexibility index (Phi) is 4.11. The number of nitrogens with one attached hydrogen (secondary N) is 1. The fraction of sp³-hybridized carbons (Fsp3) is 0.278. The summed E-state index contributed by atoms with van der Waals surface area (Å²) < 4.78 is 0.978. The van der Waals surface area contributed by atoms with Crippen molar-refractivity contribution in [1.29, 1.82) is 0 Å². The monoisotopic (exact) mass is 343 g/mol. The molecule has 0 aromatic heterocycles. The second-order valence-corrected chi connectivity index (χ2v) is 6.50. The van der Waals surface area contributed by atoms with Crippen molar-refractivity contribution in [2.24, 2.45) is 0 Å². The Hall–Kier alpha value is -1.61. The summed E-state index contributed by atoms with van der Waals surface area (Å²) in [7, 11) is 0. The number of carbonyl (C=O) groups is 1. The van der Waals surface area contributed by atoms with Gasteiger partial charge >= 0.3 is 0 Å². The third-order valence-electron chi connectivity index (χ3n) is 4.08. The fourth-order valence-electron chi connectivity index (χ4n) is 2.83. The summed E-state index contributed by atoms with van der Waals surface area (Å²) in [6.07, 6.45) is 3.60. The minimum atomic E-state index is -0.0319. The van der Waals surface area contributed by atoms with E-state index in [-0.39, 0.29) is 11.9 Å². The van der Waals surface area contributed by atoms with Crippen LogP contribution in [0.1, 0.15) is 46.4 Å². The molecule has 0 saturated heterocycles. The van der Waals surface area contributed by atoms with Crippen molar-refractivity contribution in [3.8, 4) is 0 Å². The molecule has 108 valence electrons. The van der Waals surface area contributed by atoms with Crippen LogP contribution in [0.2, 0.25) is 0 Å². The van der Waals surface area contributed by atoms with Gasteiger partial charge in [-0.1, -0.05) is 34.1 Å². The normalized spacial score (nSPS) is 14.6. The van der Waals surface area contributed by atoms with Crippen LogP contribution in [0.4, 0.5) is 0 Å². The summed E-state index contributed by atoms with van der Waals surface area (Å²) in [5, 5.41) is 3.07. The van der Waals surface area contributed by atoms with Crippen molar-refractivity contribution < 1.29 is 4.79 Å². The molecule has 0 fully saturated rings. The lowest BCUT2D eigenvalue weighted by atomic mass is 10.0. The van der Waals surface area contributed by atoms with Crippen molar-refractivity contribution in [3.05, 3.63) is 69.2 Å². The lowest BCUT2D eigenvalue weighted by Crippen LogP contribution is -2.26. The van der Waals surface area contributed by atoms with E-state index in [4.69, 9.17) is 0 Å². The number of benzene rings is 2. The Labute approximate surface area is 133 Å². The van der Waals surface area contributed by atoms with Crippen LogP contribution in [0.25, 0.3) is 0 Å². The second kappa shape index (κ2) is 6.02. The molecule has 0 spiro atoms. The van der Waals surface area contributed by atoms with Crippen molar-refractivity contribution in [2.75, 3.05) is 0 Å². The third-order valence-corrected chi connectivity index (χ3v) is 4.61. The number of rotatable bonds is 3. The number of halogens is 1. The first-order chi connectivity index (χ1) is 10.1. The highest BCUT2D eigenvalue weighted by Crippen LogP contribution is 2.25. The summed E-state index contributed by atoms with van der Waals surface area (Å²) in [5.41, 5.74) is 4.77. The smallest absolute Gasteiger partial charge is 0.251 e. The van der Waals surface area contributed by atoms with Gasteiger partial charge in [-0.2, -0.15) is 0 Å². The van der Waals surface area contributed by atoms with E-state index in [1.165, 1.54) is 29.5 Å². The molecule has 3 heteroatoms. The molecular weight excluding hydrogens is 326 g/mol. The van der Waals surface area contributed by atoms with Gasteiger partial charge in [0.1, 0.15) is 0 Å². The molecule has 0 heterocycles. The quantitative estimate of drug-likeness (QED) is 0.877. The molecule has 1 aliphatic carbocycles. The molecule has 0 bridgehead atoms. The van der Waals surface area contributed by atoms with Gasteiger partial charge < -0.3 is 5.32 Å². The summed E-state index contributed by atoms with van der Waals surface area (Å²) >= 11 is 3.38. The summed E-state index contributed by atoms with van der Waals surface area (Å²) in [4.78, 5) is 12.2. The van der Waals surface area contributed by atoms with Crippen molar-refractivity contribution in [1.82, 2.24) is 5.32 Å². The van der Waals surface area contributed by atoms with Gasteiger partial charge in [0.25, 0.3) is 5.91 Å². The lowest BCUT2D eigenvalue weighted by molar-refractivity contribution is 0.0940. The molecule has 21 heavy (non-hydrogen) atoms. The van der Waals surface area contributed by atoms with Gasteiger partial charge in [0.15, 0.2) is 0 Å². The number of carbonyl (C=O) groups excluding carboxylic acids is 1. The zero-order valence-corrected chi connectivity index (χ0v) is 13.6. The van der Waals surface area contributed by atoms with E-state index in [0.717, 1.165) is 10.9 Å². The number of fused-ring (bicyclic) bond motifs is 1. The maximum Gasteiger partial charge on any atom is 0.251 e. The summed E-state index contributed by atoms with van der Waals surface area (Å²) in [6.45, 7) is 2.04. The van der Waals surface area contributed by atoms with Crippen LogP contribution in [-0.4, -0.2) is 5.91 Å². The Morgan fingerprint density at radius 2 is 1.81 bits per heavy atom. The Balaban J connectivity index is 1.72. The van der Waals surface area contributed by atoms with E-state index in [0.29, 0.717) is 5.56 Å². The van der Waals surface area contributed by atoms with Gasteiger partial charge in [-0.25, -0.2) is 0 Å². The van der Waals surface area contributed by atoms with Crippen molar-refractivity contribution >= 4 is 21.8 Å². The second-order valence-electron chi connectivity index (χ2n) is 5.58. The Morgan fingerprint density at radius 3 is 2.57 bits per heavy atom. The first-order valence-corrected chi connectivity index (χ1v) is 8.11. The molecule has 0 radical (unpaired) electrons. The topological polar surface area (TPSA) is 29.1 Å². The maximum atomic E-state index is 12.2. The first-order valence-electron chi connectivity index (χ1n) is 7.31. The standard InChI is InChI=1S/C18H18BrNO/c1-12(15-6-5-13-3-2-4-16(13)11-15)20-18(21)14-7-9-17(19)10-8-14/h5-12H,2-4H2,1H3,(H,20,21). The molecule has 3 rings (SSSR count). The summed E-state index contributed by atoms with van der Waals surface area (Å²) in [6, 6.07) is 14.0. The van der Waals surface area contributed by atoms with E-state index in [9.17, 15) is 4.79 Å². The van der Waals surface area contributed by atoms with E-state index in [1.807, 2.05) is 31.2 Å². The van der Waals surface area contributed by atoms with Crippen molar-refractivity contribution in [3.63, 3.8) is 0 Å². The number of hydrogen-bond acceptors (Lipinski definition) is 1. The van der Waals surface area contributed by atoms with Gasteiger partial charge in [-0.3, -0.25) is 4.79 Å². The highest BCUT2D eigenvalue weighted by molar-refractivity contribution is 9.10.